The summed E-state index contributed by atoms with van der Waals surface area (Å²) in [7, 11) is 0. The zero-order valence-electron chi connectivity index (χ0n) is 10.9. The average molecular weight is 338 g/mol. The molecule has 0 aliphatic carbocycles. The van der Waals surface area contributed by atoms with Crippen molar-refractivity contribution in [2.24, 2.45) is 0 Å². The van der Waals surface area contributed by atoms with Crippen LogP contribution in [0.25, 0.3) is 5.69 Å². The summed E-state index contributed by atoms with van der Waals surface area (Å²) in [6.07, 6.45) is 0.480. The van der Waals surface area contributed by atoms with Crippen molar-refractivity contribution in [1.29, 1.82) is 0 Å². The number of carbonyl (C=O) groups excluding carboxylic acids is 1. The normalized spacial score (nSPS) is 18.9. The van der Waals surface area contributed by atoms with Gasteiger partial charge in [-0.1, -0.05) is 15.9 Å². The molecule has 0 radical (unpaired) electrons. The highest BCUT2D eigenvalue weighted by Gasteiger charge is 2.31. The largest absolute Gasteiger partial charge is 0.296 e. The number of alkyl halides is 1. The Labute approximate surface area is 124 Å². The monoisotopic (exact) mass is 337 g/mol. The van der Waals surface area contributed by atoms with Crippen LogP contribution in [0.15, 0.2) is 30.3 Å². The third-order valence-corrected chi connectivity index (χ3v) is 3.85. The molecule has 0 spiro atoms. The number of carbonyl (C=O) groups is 1. The number of rotatable bonds is 2. The SMILES string of the molecule is Cc1cc(N2CC(Br)CC2=O)n(-c2ccc(F)cc2)n1. The summed E-state index contributed by atoms with van der Waals surface area (Å²) in [6, 6.07) is 7.94. The van der Waals surface area contributed by atoms with E-state index in [1.165, 1.54) is 12.1 Å². The van der Waals surface area contributed by atoms with Crippen LogP contribution in [0.3, 0.4) is 0 Å². The fourth-order valence-corrected chi connectivity index (χ4v) is 2.90. The number of nitrogens with zero attached hydrogens (tertiary/aromatic N) is 3. The lowest BCUT2D eigenvalue weighted by molar-refractivity contribution is -0.117. The van der Waals surface area contributed by atoms with Crippen molar-refractivity contribution in [2.75, 3.05) is 11.4 Å². The maximum absolute atomic E-state index is 13.0. The maximum atomic E-state index is 13.0. The third-order valence-electron chi connectivity index (χ3n) is 3.24. The topological polar surface area (TPSA) is 38.1 Å². The van der Waals surface area contributed by atoms with Gasteiger partial charge in [0.15, 0.2) is 0 Å². The lowest BCUT2D eigenvalue weighted by Crippen LogP contribution is -2.27. The number of hydrogen-bond donors (Lipinski definition) is 0. The zero-order chi connectivity index (χ0) is 14.3. The Balaban J connectivity index is 2.04. The first kappa shape index (κ1) is 13.3. The molecule has 1 aromatic carbocycles. The van der Waals surface area contributed by atoms with Crippen LogP contribution in [-0.4, -0.2) is 27.1 Å². The second-order valence-electron chi connectivity index (χ2n) is 4.84. The van der Waals surface area contributed by atoms with E-state index >= 15 is 0 Å². The summed E-state index contributed by atoms with van der Waals surface area (Å²) >= 11 is 3.47. The first-order chi connectivity index (χ1) is 9.54. The van der Waals surface area contributed by atoms with E-state index < -0.39 is 0 Å². The molecule has 1 aliphatic heterocycles. The Kier molecular flexibility index (Phi) is 3.33. The number of aryl methyl sites for hydroxylation is 1. The van der Waals surface area contributed by atoms with Crippen molar-refractivity contribution < 1.29 is 9.18 Å². The van der Waals surface area contributed by atoms with Gasteiger partial charge in [0, 0.05) is 23.9 Å². The molecule has 1 aliphatic rings. The Morgan fingerprint density at radius 3 is 2.65 bits per heavy atom. The van der Waals surface area contributed by atoms with Gasteiger partial charge >= 0.3 is 0 Å². The van der Waals surface area contributed by atoms with Gasteiger partial charge < -0.3 is 0 Å². The molecule has 1 fully saturated rings. The minimum absolute atomic E-state index is 0.0649. The zero-order valence-corrected chi connectivity index (χ0v) is 12.5. The number of halogens is 2. The molecule has 3 rings (SSSR count). The van der Waals surface area contributed by atoms with E-state index in [-0.39, 0.29) is 16.6 Å². The summed E-state index contributed by atoms with van der Waals surface area (Å²) in [5, 5.41) is 4.40. The van der Waals surface area contributed by atoms with E-state index in [0.29, 0.717) is 13.0 Å². The van der Waals surface area contributed by atoms with Crippen LogP contribution in [-0.2, 0) is 4.79 Å². The Bertz CT molecular complexity index is 653. The van der Waals surface area contributed by atoms with Gasteiger partial charge in [0.1, 0.15) is 11.6 Å². The van der Waals surface area contributed by atoms with Crippen LogP contribution >= 0.6 is 15.9 Å². The number of amides is 1. The van der Waals surface area contributed by atoms with E-state index in [4.69, 9.17) is 0 Å². The van der Waals surface area contributed by atoms with Gasteiger partial charge in [-0.15, -0.1) is 0 Å². The second-order valence-corrected chi connectivity index (χ2v) is 6.13. The fraction of sp³-hybridized carbons (Fsp3) is 0.286. The molecule has 0 N–H and O–H groups in total. The highest BCUT2D eigenvalue weighted by atomic mass is 79.9. The molecule has 1 amide bonds. The molecule has 1 unspecified atom stereocenters. The Morgan fingerprint density at radius 1 is 1.35 bits per heavy atom. The molecular formula is C14H13BrFN3O. The van der Waals surface area contributed by atoms with E-state index in [9.17, 15) is 9.18 Å². The molecule has 104 valence electrons. The molecule has 20 heavy (non-hydrogen) atoms. The predicted molar refractivity (Wildman–Crippen MR) is 77.9 cm³/mol. The van der Waals surface area contributed by atoms with Gasteiger partial charge in [-0.2, -0.15) is 5.10 Å². The lowest BCUT2D eigenvalue weighted by Gasteiger charge is -2.17. The van der Waals surface area contributed by atoms with Crippen molar-refractivity contribution in [3.8, 4) is 5.69 Å². The van der Waals surface area contributed by atoms with Crippen LogP contribution in [0.4, 0.5) is 10.2 Å². The summed E-state index contributed by atoms with van der Waals surface area (Å²) < 4.78 is 14.7. The molecule has 6 heteroatoms. The smallest absolute Gasteiger partial charge is 0.229 e. The lowest BCUT2D eigenvalue weighted by atomic mass is 10.3. The molecular weight excluding hydrogens is 325 g/mol. The van der Waals surface area contributed by atoms with E-state index in [1.807, 2.05) is 13.0 Å². The van der Waals surface area contributed by atoms with Crippen molar-refractivity contribution in [3.63, 3.8) is 0 Å². The number of benzene rings is 1. The van der Waals surface area contributed by atoms with Gasteiger partial charge in [-0.3, -0.25) is 9.69 Å². The van der Waals surface area contributed by atoms with Crippen molar-refractivity contribution in [2.45, 2.75) is 18.2 Å². The van der Waals surface area contributed by atoms with Crippen LogP contribution in [0.1, 0.15) is 12.1 Å². The Morgan fingerprint density at radius 2 is 2.05 bits per heavy atom. The molecule has 4 nitrogen and oxygen atoms in total. The fourth-order valence-electron chi connectivity index (χ4n) is 2.34. The van der Waals surface area contributed by atoms with Gasteiger partial charge in [-0.05, 0) is 31.2 Å². The maximum Gasteiger partial charge on any atom is 0.229 e. The summed E-state index contributed by atoms with van der Waals surface area (Å²) in [4.78, 5) is 13.9. The number of aromatic nitrogens is 2. The van der Waals surface area contributed by atoms with Gasteiger partial charge in [0.05, 0.1) is 11.4 Å². The molecule has 1 aromatic heterocycles. The minimum atomic E-state index is -0.294. The molecule has 2 heterocycles. The molecule has 0 bridgehead atoms. The second kappa shape index (κ2) is 5.01. The van der Waals surface area contributed by atoms with E-state index in [2.05, 4.69) is 21.0 Å². The average Bonchev–Trinajstić information content (AvgIpc) is 2.93. The van der Waals surface area contributed by atoms with Gasteiger partial charge in [0.25, 0.3) is 0 Å². The van der Waals surface area contributed by atoms with Gasteiger partial charge in [0.2, 0.25) is 5.91 Å². The minimum Gasteiger partial charge on any atom is -0.296 e. The molecule has 2 aromatic rings. The number of anilines is 1. The third kappa shape index (κ3) is 2.35. The molecule has 1 atom stereocenters. The first-order valence-electron chi connectivity index (χ1n) is 6.31. The van der Waals surface area contributed by atoms with E-state index in [1.54, 1.807) is 21.7 Å². The highest BCUT2D eigenvalue weighted by Crippen LogP contribution is 2.28. The first-order valence-corrected chi connectivity index (χ1v) is 7.23. The van der Waals surface area contributed by atoms with Crippen molar-refractivity contribution in [3.05, 3.63) is 41.8 Å². The van der Waals surface area contributed by atoms with Crippen molar-refractivity contribution in [1.82, 2.24) is 9.78 Å². The van der Waals surface area contributed by atoms with Gasteiger partial charge in [-0.25, -0.2) is 9.07 Å². The van der Waals surface area contributed by atoms with Crippen LogP contribution in [0.2, 0.25) is 0 Å². The van der Waals surface area contributed by atoms with Crippen LogP contribution in [0.5, 0.6) is 0 Å². The molecule has 1 saturated heterocycles. The highest BCUT2D eigenvalue weighted by molar-refractivity contribution is 9.09. The van der Waals surface area contributed by atoms with Crippen LogP contribution in [0, 0.1) is 12.7 Å². The number of hydrogen-bond acceptors (Lipinski definition) is 2. The molecule has 0 saturated carbocycles. The van der Waals surface area contributed by atoms with Crippen molar-refractivity contribution >= 4 is 27.7 Å². The van der Waals surface area contributed by atoms with E-state index in [0.717, 1.165) is 17.2 Å². The summed E-state index contributed by atoms with van der Waals surface area (Å²) in [5.74, 6) is 0.494. The van der Waals surface area contributed by atoms with Crippen LogP contribution < -0.4 is 4.90 Å². The standard InChI is InChI=1S/C14H13BrFN3O/c1-9-6-13(18-8-10(15)7-14(18)20)19(17-9)12-4-2-11(16)3-5-12/h2-6,10H,7-8H2,1H3. The summed E-state index contributed by atoms with van der Waals surface area (Å²) in [6.45, 7) is 2.49. The summed E-state index contributed by atoms with van der Waals surface area (Å²) in [5.41, 5.74) is 1.55. The quantitative estimate of drug-likeness (QED) is 0.790. The Hall–Kier alpha value is -1.69. The predicted octanol–water partition coefficient (Wildman–Crippen LogP) is 2.82.